The molecule has 0 radical (unpaired) electrons. The lowest BCUT2D eigenvalue weighted by molar-refractivity contribution is 0.0949. The molecule has 0 aliphatic carbocycles. The number of nitrogens with one attached hydrogen (secondary N) is 1. The van der Waals surface area contributed by atoms with Crippen molar-refractivity contribution in [3.8, 4) is 5.75 Å². The molecule has 1 N–H and O–H groups in total. The Kier molecular flexibility index (Phi) is 5.77. The number of carbonyl (C=O) groups is 1. The van der Waals surface area contributed by atoms with E-state index in [2.05, 4.69) is 10.3 Å². The lowest BCUT2D eigenvalue weighted by atomic mass is 10.1. The van der Waals surface area contributed by atoms with Crippen LogP contribution in [0, 0.1) is 0 Å². The van der Waals surface area contributed by atoms with E-state index in [0.29, 0.717) is 30.9 Å². The number of ether oxygens (including phenoxy) is 1. The Balaban J connectivity index is 1.58. The molecule has 0 fully saturated rings. The lowest BCUT2D eigenvalue weighted by Crippen LogP contribution is -2.26. The van der Waals surface area contributed by atoms with Crippen LogP contribution < -0.4 is 10.1 Å². The van der Waals surface area contributed by atoms with Crippen LogP contribution in [-0.2, 0) is 13.0 Å². The van der Waals surface area contributed by atoms with Crippen LogP contribution in [0.25, 0.3) is 0 Å². The third kappa shape index (κ3) is 4.91. The summed E-state index contributed by atoms with van der Waals surface area (Å²) in [5, 5.41) is 2.93. The summed E-state index contributed by atoms with van der Waals surface area (Å²) in [7, 11) is 0. The first kappa shape index (κ1) is 16.7. The van der Waals surface area contributed by atoms with Crippen molar-refractivity contribution in [2.45, 2.75) is 13.0 Å². The second-order valence-electron chi connectivity index (χ2n) is 5.60. The van der Waals surface area contributed by atoms with E-state index < -0.39 is 0 Å². The van der Waals surface area contributed by atoms with E-state index >= 15 is 0 Å². The maximum atomic E-state index is 12.5. The number of benzene rings is 2. The van der Waals surface area contributed by atoms with Crippen LogP contribution in [0.2, 0.25) is 0 Å². The van der Waals surface area contributed by atoms with Gasteiger partial charge in [-0.1, -0.05) is 48.5 Å². The highest BCUT2D eigenvalue weighted by atomic mass is 16.5. The Labute approximate surface area is 147 Å². The molecule has 3 rings (SSSR count). The van der Waals surface area contributed by atoms with E-state index in [4.69, 9.17) is 4.74 Å². The van der Waals surface area contributed by atoms with Gasteiger partial charge in [-0.25, -0.2) is 0 Å². The molecule has 0 saturated carbocycles. The molecule has 1 heterocycles. The van der Waals surface area contributed by atoms with Crippen LogP contribution in [-0.4, -0.2) is 17.4 Å². The molecule has 1 amide bonds. The van der Waals surface area contributed by atoms with E-state index in [1.807, 2.05) is 66.7 Å². The van der Waals surface area contributed by atoms with Crippen molar-refractivity contribution in [2.24, 2.45) is 0 Å². The molecule has 3 aromatic rings. The Morgan fingerprint density at radius 3 is 2.48 bits per heavy atom. The fourth-order valence-corrected chi connectivity index (χ4v) is 2.46. The fraction of sp³-hybridized carbons (Fsp3) is 0.143. The minimum atomic E-state index is -0.139. The maximum absolute atomic E-state index is 12.5. The van der Waals surface area contributed by atoms with Crippen molar-refractivity contribution < 1.29 is 9.53 Å². The molecular formula is C21H20N2O2. The number of para-hydroxylation sites is 1. The third-order valence-electron chi connectivity index (χ3n) is 3.76. The van der Waals surface area contributed by atoms with Gasteiger partial charge in [-0.2, -0.15) is 0 Å². The maximum Gasteiger partial charge on any atom is 0.255 e. The molecule has 0 spiro atoms. The van der Waals surface area contributed by atoms with Gasteiger partial charge in [0.1, 0.15) is 12.4 Å². The number of amides is 1. The van der Waals surface area contributed by atoms with Crippen LogP contribution >= 0.6 is 0 Å². The zero-order valence-electron chi connectivity index (χ0n) is 13.9. The van der Waals surface area contributed by atoms with Gasteiger partial charge in [0.05, 0.1) is 5.56 Å². The predicted octanol–water partition coefficient (Wildman–Crippen LogP) is 3.63. The fourth-order valence-electron chi connectivity index (χ4n) is 2.46. The quantitative estimate of drug-likeness (QED) is 0.719. The van der Waals surface area contributed by atoms with E-state index in [1.54, 1.807) is 12.3 Å². The molecule has 0 aliphatic rings. The van der Waals surface area contributed by atoms with Gasteiger partial charge >= 0.3 is 0 Å². The Bertz CT molecular complexity index is 804. The van der Waals surface area contributed by atoms with E-state index in [1.165, 1.54) is 0 Å². The number of pyridine rings is 1. The molecular weight excluding hydrogens is 312 g/mol. The SMILES string of the molecule is O=C(NCCc1ccccn1)c1ccccc1OCc1ccccc1. The number of nitrogens with zero attached hydrogens (tertiary/aromatic N) is 1. The lowest BCUT2D eigenvalue weighted by Gasteiger charge is -2.12. The van der Waals surface area contributed by atoms with Crippen LogP contribution in [0.1, 0.15) is 21.6 Å². The van der Waals surface area contributed by atoms with Gasteiger partial charge in [-0.05, 0) is 29.8 Å². The minimum absolute atomic E-state index is 0.139. The van der Waals surface area contributed by atoms with Crippen molar-refractivity contribution in [1.29, 1.82) is 0 Å². The van der Waals surface area contributed by atoms with Gasteiger partial charge in [0.25, 0.3) is 5.91 Å². The second-order valence-corrected chi connectivity index (χ2v) is 5.60. The Hall–Kier alpha value is -3.14. The molecule has 0 unspecified atom stereocenters. The molecule has 0 aliphatic heterocycles. The number of aromatic nitrogens is 1. The molecule has 2 aromatic carbocycles. The predicted molar refractivity (Wildman–Crippen MR) is 97.5 cm³/mol. The highest BCUT2D eigenvalue weighted by molar-refractivity contribution is 5.96. The average Bonchev–Trinajstić information content (AvgIpc) is 2.68. The first-order valence-corrected chi connectivity index (χ1v) is 8.27. The zero-order chi connectivity index (χ0) is 17.3. The highest BCUT2D eigenvalue weighted by Gasteiger charge is 2.11. The van der Waals surface area contributed by atoms with E-state index in [9.17, 15) is 4.79 Å². The first-order chi connectivity index (χ1) is 12.3. The van der Waals surface area contributed by atoms with Gasteiger partial charge in [-0.3, -0.25) is 9.78 Å². The largest absolute Gasteiger partial charge is 0.488 e. The second kappa shape index (κ2) is 8.64. The standard InChI is InChI=1S/C21H20N2O2/c24-21(23-15-13-18-10-6-7-14-22-18)19-11-4-5-12-20(19)25-16-17-8-2-1-3-9-17/h1-12,14H,13,15-16H2,(H,23,24). The van der Waals surface area contributed by atoms with Gasteiger partial charge in [-0.15, -0.1) is 0 Å². The molecule has 1 aromatic heterocycles. The molecule has 4 nitrogen and oxygen atoms in total. The molecule has 126 valence electrons. The summed E-state index contributed by atoms with van der Waals surface area (Å²) in [5.41, 5.74) is 2.56. The molecule has 25 heavy (non-hydrogen) atoms. The molecule has 4 heteroatoms. The molecule has 0 atom stereocenters. The average molecular weight is 332 g/mol. The first-order valence-electron chi connectivity index (χ1n) is 8.27. The van der Waals surface area contributed by atoms with Crippen molar-refractivity contribution >= 4 is 5.91 Å². The van der Waals surface area contributed by atoms with Crippen LogP contribution in [0.15, 0.2) is 79.0 Å². The summed E-state index contributed by atoms with van der Waals surface area (Å²) in [6.07, 6.45) is 2.45. The van der Waals surface area contributed by atoms with Crippen LogP contribution in [0.4, 0.5) is 0 Å². The molecule has 0 bridgehead atoms. The number of carbonyl (C=O) groups excluding carboxylic acids is 1. The summed E-state index contributed by atoms with van der Waals surface area (Å²) in [6, 6.07) is 22.9. The van der Waals surface area contributed by atoms with Gasteiger partial charge in [0.15, 0.2) is 0 Å². The van der Waals surface area contributed by atoms with Gasteiger partial charge in [0, 0.05) is 24.9 Å². The Morgan fingerprint density at radius 2 is 1.68 bits per heavy atom. The summed E-state index contributed by atoms with van der Waals surface area (Å²) in [4.78, 5) is 16.7. The van der Waals surface area contributed by atoms with Crippen molar-refractivity contribution in [2.75, 3.05) is 6.54 Å². The Morgan fingerprint density at radius 1 is 0.920 bits per heavy atom. The monoisotopic (exact) mass is 332 g/mol. The van der Waals surface area contributed by atoms with Crippen molar-refractivity contribution in [3.63, 3.8) is 0 Å². The van der Waals surface area contributed by atoms with Crippen LogP contribution in [0.3, 0.4) is 0 Å². The number of rotatable bonds is 7. The van der Waals surface area contributed by atoms with E-state index in [-0.39, 0.29) is 5.91 Å². The third-order valence-corrected chi connectivity index (χ3v) is 3.76. The topological polar surface area (TPSA) is 51.2 Å². The smallest absolute Gasteiger partial charge is 0.255 e. The molecule has 0 saturated heterocycles. The summed E-state index contributed by atoms with van der Waals surface area (Å²) < 4.78 is 5.84. The zero-order valence-corrected chi connectivity index (χ0v) is 13.9. The van der Waals surface area contributed by atoms with Crippen molar-refractivity contribution in [3.05, 3.63) is 95.8 Å². The highest BCUT2D eigenvalue weighted by Crippen LogP contribution is 2.19. The van der Waals surface area contributed by atoms with Crippen molar-refractivity contribution in [1.82, 2.24) is 10.3 Å². The van der Waals surface area contributed by atoms with Gasteiger partial charge < -0.3 is 10.1 Å². The minimum Gasteiger partial charge on any atom is -0.488 e. The summed E-state index contributed by atoms with van der Waals surface area (Å²) >= 11 is 0. The number of hydrogen-bond donors (Lipinski definition) is 1. The summed E-state index contributed by atoms with van der Waals surface area (Å²) in [6.45, 7) is 0.960. The normalized spacial score (nSPS) is 10.2. The van der Waals surface area contributed by atoms with E-state index in [0.717, 1.165) is 11.3 Å². The number of hydrogen-bond acceptors (Lipinski definition) is 3. The van der Waals surface area contributed by atoms with Crippen LogP contribution in [0.5, 0.6) is 5.75 Å². The van der Waals surface area contributed by atoms with Gasteiger partial charge in [0.2, 0.25) is 0 Å². The summed E-state index contributed by atoms with van der Waals surface area (Å²) in [5.74, 6) is 0.446.